The second-order valence-corrected chi connectivity index (χ2v) is 11.4. The summed E-state index contributed by atoms with van der Waals surface area (Å²) in [5, 5.41) is 4.08. The monoisotopic (exact) mass is 679 g/mol. The fraction of sp³-hybridized carbons (Fsp3) is 0.467. The lowest BCUT2D eigenvalue weighted by molar-refractivity contribution is -0.143. The number of hydrogen-bond donors (Lipinski definition) is 0. The summed E-state index contributed by atoms with van der Waals surface area (Å²) in [5.41, 5.74) is -5.81. The van der Waals surface area contributed by atoms with Crippen molar-refractivity contribution in [2.24, 2.45) is 7.05 Å². The summed E-state index contributed by atoms with van der Waals surface area (Å²) in [6.45, 7) is 5.30. The largest absolute Gasteiger partial charge is 0.446 e. The highest BCUT2D eigenvalue weighted by atomic mass is 19.4. The molecule has 256 valence electrons. The third-order valence-electron chi connectivity index (χ3n) is 7.51. The molecule has 0 radical (unpaired) electrons. The van der Waals surface area contributed by atoms with Crippen LogP contribution in [0.4, 0.5) is 50.0 Å². The lowest BCUT2D eigenvalue weighted by Gasteiger charge is -2.43. The van der Waals surface area contributed by atoms with E-state index in [-0.39, 0.29) is 35.9 Å². The van der Waals surface area contributed by atoms with Crippen LogP contribution in [-0.2, 0) is 36.9 Å². The number of anilines is 1. The molecule has 3 heterocycles. The van der Waals surface area contributed by atoms with Gasteiger partial charge in [0.1, 0.15) is 5.69 Å². The Bertz CT molecular complexity index is 1610. The molecular formula is C30H30F9N5O3. The molecule has 1 aromatic carbocycles. The Kier molecular flexibility index (Phi) is 9.61. The van der Waals surface area contributed by atoms with E-state index in [9.17, 15) is 49.1 Å². The molecule has 47 heavy (non-hydrogen) atoms. The minimum absolute atomic E-state index is 0.0701. The second-order valence-electron chi connectivity index (χ2n) is 11.4. The van der Waals surface area contributed by atoms with E-state index in [2.05, 4.69) is 10.1 Å². The van der Waals surface area contributed by atoms with Gasteiger partial charge in [0.25, 0.3) is 5.91 Å². The minimum Gasteiger partial charge on any atom is -0.446 e. The quantitative estimate of drug-likeness (QED) is 0.246. The number of nitrogens with zero attached hydrogens (tertiary/aromatic N) is 5. The molecule has 2 amide bonds. The van der Waals surface area contributed by atoms with Gasteiger partial charge in [0.2, 0.25) is 0 Å². The van der Waals surface area contributed by atoms with Gasteiger partial charge in [-0.3, -0.25) is 14.4 Å². The average Bonchev–Trinajstić information content (AvgIpc) is 3.29. The zero-order valence-electron chi connectivity index (χ0n) is 25.7. The molecule has 3 aromatic rings. The van der Waals surface area contributed by atoms with Crippen LogP contribution < -0.4 is 4.90 Å². The van der Waals surface area contributed by atoms with Crippen LogP contribution in [0.25, 0.3) is 0 Å². The number of fused-ring (bicyclic) bond motifs is 1. The summed E-state index contributed by atoms with van der Waals surface area (Å²) in [4.78, 5) is 33.1. The maximum atomic E-state index is 14.2. The van der Waals surface area contributed by atoms with Crippen LogP contribution in [0.15, 0.2) is 36.5 Å². The number of carbonyl (C=O) groups excluding carboxylic acids is 2. The van der Waals surface area contributed by atoms with Crippen molar-refractivity contribution in [2.45, 2.75) is 83.8 Å². The summed E-state index contributed by atoms with van der Waals surface area (Å²) in [6, 6.07) is 0.150. The number of rotatable bonds is 6. The van der Waals surface area contributed by atoms with Crippen molar-refractivity contribution >= 4 is 17.7 Å². The van der Waals surface area contributed by atoms with Crippen molar-refractivity contribution in [3.63, 3.8) is 0 Å². The number of pyridine rings is 1. The molecule has 2 unspecified atom stereocenters. The SMILES string of the molecule is CCC1CC(N(Cc2cc(C(F)(F)F)cc(C(F)(F)F)c2)C(=O)c2cn(C)nc2C)c2nc(C(F)(F)F)ccc2N1C(=O)OC(C)C. The molecule has 0 N–H and O–H groups in total. The first kappa shape index (κ1) is 35.5. The van der Waals surface area contributed by atoms with Gasteiger partial charge in [-0.25, -0.2) is 9.78 Å². The number of aryl methyl sites for hydroxylation is 2. The topological polar surface area (TPSA) is 80.6 Å². The molecule has 0 fully saturated rings. The Labute approximate surface area is 263 Å². The molecule has 0 saturated carbocycles. The van der Waals surface area contributed by atoms with E-state index >= 15 is 0 Å². The Balaban J connectivity index is 1.98. The van der Waals surface area contributed by atoms with Gasteiger partial charge in [-0.15, -0.1) is 0 Å². The predicted octanol–water partition coefficient (Wildman–Crippen LogP) is 8.10. The number of aromatic nitrogens is 3. The van der Waals surface area contributed by atoms with Crippen LogP contribution in [0.2, 0.25) is 0 Å². The number of hydrogen-bond acceptors (Lipinski definition) is 5. The van der Waals surface area contributed by atoms with Crippen LogP contribution in [0.5, 0.6) is 0 Å². The number of amides is 2. The molecule has 2 atom stereocenters. The molecule has 0 spiro atoms. The normalized spacial score (nSPS) is 17.1. The van der Waals surface area contributed by atoms with E-state index in [0.717, 1.165) is 15.9 Å². The Morgan fingerprint density at radius 3 is 2.04 bits per heavy atom. The highest BCUT2D eigenvalue weighted by Gasteiger charge is 2.44. The van der Waals surface area contributed by atoms with Gasteiger partial charge in [0, 0.05) is 25.8 Å². The minimum atomic E-state index is -5.20. The van der Waals surface area contributed by atoms with Crippen molar-refractivity contribution < 1.29 is 53.8 Å². The maximum Gasteiger partial charge on any atom is 0.433 e. The highest BCUT2D eigenvalue weighted by molar-refractivity contribution is 5.96. The van der Waals surface area contributed by atoms with Crippen LogP contribution >= 0.6 is 0 Å². The van der Waals surface area contributed by atoms with E-state index in [0.29, 0.717) is 18.2 Å². The van der Waals surface area contributed by atoms with Crippen LogP contribution in [0.1, 0.15) is 83.8 Å². The summed E-state index contributed by atoms with van der Waals surface area (Å²) < 4.78 is 131. The second kappa shape index (κ2) is 12.7. The first-order valence-electron chi connectivity index (χ1n) is 14.3. The van der Waals surface area contributed by atoms with E-state index in [1.165, 1.54) is 24.9 Å². The molecule has 4 rings (SSSR count). The number of carbonyl (C=O) groups is 2. The summed E-state index contributed by atoms with van der Waals surface area (Å²) in [7, 11) is 1.47. The Morgan fingerprint density at radius 1 is 0.979 bits per heavy atom. The summed E-state index contributed by atoms with van der Waals surface area (Å²) in [5.74, 6) is -0.940. The van der Waals surface area contributed by atoms with Crippen LogP contribution in [0, 0.1) is 6.92 Å². The fourth-order valence-electron chi connectivity index (χ4n) is 5.47. The van der Waals surface area contributed by atoms with Gasteiger partial charge >= 0.3 is 24.6 Å². The van der Waals surface area contributed by atoms with Crippen molar-refractivity contribution in [3.8, 4) is 0 Å². The van der Waals surface area contributed by atoms with Crippen molar-refractivity contribution in [2.75, 3.05) is 4.90 Å². The van der Waals surface area contributed by atoms with E-state index in [1.54, 1.807) is 20.8 Å². The van der Waals surface area contributed by atoms with Gasteiger partial charge in [-0.2, -0.15) is 44.6 Å². The predicted molar refractivity (Wildman–Crippen MR) is 149 cm³/mol. The van der Waals surface area contributed by atoms with Gasteiger partial charge in [0.15, 0.2) is 0 Å². The lowest BCUT2D eigenvalue weighted by atomic mass is 9.91. The first-order chi connectivity index (χ1) is 21.6. The van der Waals surface area contributed by atoms with Crippen LogP contribution in [0.3, 0.4) is 0 Å². The third-order valence-corrected chi connectivity index (χ3v) is 7.51. The van der Waals surface area contributed by atoms with Gasteiger partial charge < -0.3 is 9.64 Å². The molecule has 0 saturated heterocycles. The standard InChI is InChI=1S/C30H30F9N5O3/c1-6-20-12-23(25-22(44(20)27(46)47-15(2)3)7-8-24(40-25)30(37,38)39)43(26(45)21-14-42(5)41-16(21)4)13-17-9-18(28(31,32)33)11-19(10-17)29(34,35)36/h7-11,14-15,20,23H,6,12-13H2,1-5H3. The first-order valence-corrected chi connectivity index (χ1v) is 14.3. The summed E-state index contributed by atoms with van der Waals surface area (Å²) in [6.07, 6.45) is -15.7. The zero-order valence-corrected chi connectivity index (χ0v) is 25.7. The van der Waals surface area contributed by atoms with Gasteiger partial charge in [-0.05, 0) is 69.5 Å². The Hall–Kier alpha value is -4.31. The Morgan fingerprint density at radius 2 is 1.57 bits per heavy atom. The fourth-order valence-corrected chi connectivity index (χ4v) is 5.47. The third kappa shape index (κ3) is 7.64. The van der Waals surface area contributed by atoms with Crippen molar-refractivity contribution in [1.29, 1.82) is 0 Å². The molecule has 8 nitrogen and oxygen atoms in total. The maximum absolute atomic E-state index is 14.2. The lowest BCUT2D eigenvalue weighted by Crippen LogP contribution is -2.49. The number of halogens is 9. The number of alkyl halides is 9. The molecule has 1 aliphatic rings. The van der Waals surface area contributed by atoms with Gasteiger partial charge in [0.05, 0.1) is 45.9 Å². The summed E-state index contributed by atoms with van der Waals surface area (Å²) >= 11 is 0. The van der Waals surface area contributed by atoms with Crippen molar-refractivity contribution in [1.82, 2.24) is 19.7 Å². The molecule has 1 aliphatic heterocycles. The smallest absolute Gasteiger partial charge is 0.433 e. The van der Waals surface area contributed by atoms with E-state index in [4.69, 9.17) is 4.74 Å². The van der Waals surface area contributed by atoms with E-state index in [1.807, 2.05) is 0 Å². The van der Waals surface area contributed by atoms with Crippen molar-refractivity contribution in [3.05, 3.63) is 75.9 Å². The molecule has 17 heteroatoms. The molecular weight excluding hydrogens is 649 g/mol. The average molecular weight is 680 g/mol. The number of ether oxygens (including phenoxy) is 1. The molecule has 2 aromatic heterocycles. The van der Waals surface area contributed by atoms with Gasteiger partial charge in [-0.1, -0.05) is 6.92 Å². The zero-order chi connectivity index (χ0) is 35.2. The molecule has 0 bridgehead atoms. The molecule has 0 aliphatic carbocycles. The van der Waals surface area contributed by atoms with E-state index < -0.39 is 83.3 Å². The highest BCUT2D eigenvalue weighted by Crippen LogP contribution is 2.44. The number of benzene rings is 1. The van der Waals surface area contributed by atoms with Crippen LogP contribution in [-0.4, -0.2) is 43.8 Å².